The van der Waals surface area contributed by atoms with Crippen molar-refractivity contribution in [1.29, 1.82) is 0 Å². The summed E-state index contributed by atoms with van der Waals surface area (Å²) in [5.74, 6) is -0.936. The number of aliphatic hydroxyl groups is 1. The molecule has 2 N–H and O–H groups in total. The number of carbonyl (C=O) groups is 3. The minimum Gasteiger partial charge on any atom is -0.507 e. The van der Waals surface area contributed by atoms with Gasteiger partial charge in [-0.15, -0.1) is 0 Å². The minimum atomic E-state index is -0.721. The van der Waals surface area contributed by atoms with Gasteiger partial charge in [0.2, 0.25) is 11.6 Å². The number of nitrogens with one attached hydrogen (secondary N) is 1. The second-order valence-electron chi connectivity index (χ2n) is 9.26. The van der Waals surface area contributed by atoms with Crippen molar-refractivity contribution < 1.29 is 29.0 Å². The molecule has 7 heteroatoms. The number of aliphatic hydroxyl groups excluding tert-OH is 1. The van der Waals surface area contributed by atoms with E-state index in [1.807, 2.05) is 38.1 Å². The van der Waals surface area contributed by atoms with E-state index in [4.69, 9.17) is 9.47 Å². The summed E-state index contributed by atoms with van der Waals surface area (Å²) in [5, 5.41) is 15.2. The van der Waals surface area contributed by atoms with Gasteiger partial charge >= 0.3 is 0 Å². The summed E-state index contributed by atoms with van der Waals surface area (Å²) in [6, 6.07) is 15.6. The second-order valence-corrected chi connectivity index (χ2v) is 9.26. The van der Waals surface area contributed by atoms with Gasteiger partial charge in [-0.3, -0.25) is 14.4 Å². The largest absolute Gasteiger partial charge is 0.507 e. The molecule has 0 aromatic heterocycles. The number of Topliss-reactive ketones (excluding diaryl/α,β-unsaturated/α-hetero) is 2. The predicted molar refractivity (Wildman–Crippen MR) is 133 cm³/mol. The number of amides is 1. The summed E-state index contributed by atoms with van der Waals surface area (Å²) in [5.41, 5.74) is 0.272. The Hall–Kier alpha value is -4.13. The quantitative estimate of drug-likeness (QED) is 0.481. The minimum absolute atomic E-state index is 0.0536. The average molecular weight is 474 g/mol. The van der Waals surface area contributed by atoms with Gasteiger partial charge in [-0.25, -0.2) is 0 Å². The number of benzene rings is 3. The van der Waals surface area contributed by atoms with Gasteiger partial charge in [0.1, 0.15) is 17.3 Å². The van der Waals surface area contributed by atoms with Crippen molar-refractivity contribution in [3.63, 3.8) is 0 Å². The van der Waals surface area contributed by atoms with E-state index >= 15 is 0 Å². The fourth-order valence-electron chi connectivity index (χ4n) is 4.41. The second kappa shape index (κ2) is 9.25. The lowest BCUT2D eigenvalue weighted by molar-refractivity contribution is -0.112. The number of allylic oxidation sites excluding steroid dienone is 1. The van der Waals surface area contributed by atoms with Crippen LogP contribution in [-0.4, -0.2) is 43.3 Å². The number of fused-ring (bicyclic) bond motifs is 2. The van der Waals surface area contributed by atoms with Crippen LogP contribution in [0, 0.1) is 5.41 Å². The summed E-state index contributed by atoms with van der Waals surface area (Å²) < 4.78 is 11.1. The van der Waals surface area contributed by atoms with E-state index in [1.54, 1.807) is 31.4 Å². The maximum absolute atomic E-state index is 13.2. The smallest absolute Gasteiger partial charge is 0.255 e. The van der Waals surface area contributed by atoms with Crippen LogP contribution in [0.25, 0.3) is 16.5 Å². The topological polar surface area (TPSA) is 102 Å². The maximum atomic E-state index is 13.2. The number of ether oxygens (including phenoxy) is 2. The van der Waals surface area contributed by atoms with Crippen LogP contribution in [0.1, 0.15) is 46.5 Å². The van der Waals surface area contributed by atoms with Gasteiger partial charge in [0.05, 0.1) is 19.8 Å². The van der Waals surface area contributed by atoms with Crippen LogP contribution in [0.15, 0.2) is 60.2 Å². The van der Waals surface area contributed by atoms with E-state index in [2.05, 4.69) is 5.32 Å². The van der Waals surface area contributed by atoms with Gasteiger partial charge in [-0.1, -0.05) is 62.4 Å². The fourth-order valence-corrected chi connectivity index (χ4v) is 4.41. The molecule has 0 saturated heterocycles. The fraction of sp³-hybridized carbons (Fsp3) is 0.250. The van der Waals surface area contributed by atoms with Crippen molar-refractivity contribution in [2.24, 2.45) is 5.41 Å². The number of methoxy groups -OCH3 is 2. The van der Waals surface area contributed by atoms with Gasteiger partial charge in [-0.2, -0.15) is 0 Å². The number of hydrogen-bond acceptors (Lipinski definition) is 6. The first-order valence-electron chi connectivity index (χ1n) is 11.2. The molecule has 3 aromatic rings. The highest BCUT2D eigenvalue weighted by Crippen LogP contribution is 2.37. The zero-order valence-corrected chi connectivity index (χ0v) is 20.1. The highest BCUT2D eigenvalue weighted by atomic mass is 16.5. The van der Waals surface area contributed by atoms with Crippen LogP contribution in [0.3, 0.4) is 0 Å². The van der Waals surface area contributed by atoms with Crippen molar-refractivity contribution in [2.45, 2.75) is 20.3 Å². The zero-order valence-electron chi connectivity index (χ0n) is 20.1. The SMILES string of the molecule is COc1cc(C(=O)NCC(C)(C)CC2=C(O)c3ccccc3C(=O)C2=O)c(OC)c2ccccc12. The van der Waals surface area contributed by atoms with Gasteiger partial charge in [0, 0.05) is 34.0 Å². The third-order valence-electron chi connectivity index (χ3n) is 6.20. The molecular formula is C28H27NO6. The molecule has 0 saturated carbocycles. The molecule has 1 amide bonds. The Bertz CT molecular complexity index is 1390. The summed E-state index contributed by atoms with van der Waals surface area (Å²) in [6.07, 6.45) is 0.107. The molecule has 7 nitrogen and oxygen atoms in total. The third-order valence-corrected chi connectivity index (χ3v) is 6.20. The number of rotatable bonds is 7. The Kier molecular flexibility index (Phi) is 6.35. The molecule has 35 heavy (non-hydrogen) atoms. The summed E-state index contributed by atoms with van der Waals surface area (Å²) in [4.78, 5) is 38.5. The normalized spacial score (nSPS) is 13.6. The van der Waals surface area contributed by atoms with Crippen LogP contribution in [-0.2, 0) is 4.79 Å². The van der Waals surface area contributed by atoms with Gasteiger partial charge in [0.15, 0.2) is 0 Å². The molecule has 180 valence electrons. The van der Waals surface area contributed by atoms with Crippen molar-refractivity contribution in [3.05, 3.63) is 76.9 Å². The third kappa shape index (κ3) is 4.37. The lowest BCUT2D eigenvalue weighted by atomic mass is 9.79. The lowest BCUT2D eigenvalue weighted by Gasteiger charge is -2.28. The Morgan fingerprint density at radius 3 is 2.20 bits per heavy atom. The first kappa shape index (κ1) is 24.0. The molecule has 0 bridgehead atoms. The van der Waals surface area contributed by atoms with Crippen LogP contribution in [0.2, 0.25) is 0 Å². The molecule has 1 aliphatic carbocycles. The molecule has 1 aliphatic rings. The highest BCUT2D eigenvalue weighted by Gasteiger charge is 2.36. The molecule has 3 aromatic carbocycles. The number of carbonyl (C=O) groups excluding carboxylic acids is 3. The molecule has 0 unspecified atom stereocenters. The van der Waals surface area contributed by atoms with E-state index < -0.39 is 17.0 Å². The van der Waals surface area contributed by atoms with Crippen LogP contribution >= 0.6 is 0 Å². The van der Waals surface area contributed by atoms with Crippen molar-refractivity contribution >= 4 is 34.0 Å². The van der Waals surface area contributed by atoms with E-state index in [0.717, 1.165) is 10.8 Å². The van der Waals surface area contributed by atoms with Crippen molar-refractivity contribution in [1.82, 2.24) is 5.32 Å². The van der Waals surface area contributed by atoms with Gasteiger partial charge in [0.25, 0.3) is 5.91 Å². The predicted octanol–water partition coefficient (Wildman–Crippen LogP) is 4.74. The van der Waals surface area contributed by atoms with E-state index in [1.165, 1.54) is 13.2 Å². The first-order chi connectivity index (χ1) is 16.7. The molecule has 0 radical (unpaired) electrons. The summed E-state index contributed by atoms with van der Waals surface area (Å²) >= 11 is 0. The standard InChI is InChI=1S/C28H27NO6/c1-28(2,14-21-23(30)17-10-6-7-11-18(17)24(31)25(21)32)15-29-27(33)20-13-22(34-3)16-9-5-8-12-19(16)26(20)35-4/h5-13,30H,14-15H2,1-4H3,(H,29,33). The number of hydrogen-bond donors (Lipinski definition) is 2. The van der Waals surface area contributed by atoms with Crippen molar-refractivity contribution in [3.8, 4) is 11.5 Å². The van der Waals surface area contributed by atoms with Crippen LogP contribution in [0.4, 0.5) is 0 Å². The Labute approximate surface area is 203 Å². The molecular weight excluding hydrogens is 446 g/mol. The number of ketones is 2. The first-order valence-corrected chi connectivity index (χ1v) is 11.2. The Morgan fingerprint density at radius 2 is 1.54 bits per heavy atom. The Balaban J connectivity index is 1.58. The zero-order chi connectivity index (χ0) is 25.3. The summed E-state index contributed by atoms with van der Waals surface area (Å²) in [6.45, 7) is 3.89. The lowest BCUT2D eigenvalue weighted by Crippen LogP contribution is -2.36. The molecule has 0 atom stereocenters. The Morgan fingerprint density at radius 1 is 0.914 bits per heavy atom. The maximum Gasteiger partial charge on any atom is 0.255 e. The monoisotopic (exact) mass is 473 g/mol. The molecule has 4 rings (SSSR count). The highest BCUT2D eigenvalue weighted by molar-refractivity contribution is 6.52. The molecule has 0 spiro atoms. The van der Waals surface area contributed by atoms with Gasteiger partial charge in [-0.05, 0) is 17.9 Å². The van der Waals surface area contributed by atoms with E-state index in [-0.39, 0.29) is 35.8 Å². The van der Waals surface area contributed by atoms with E-state index in [0.29, 0.717) is 22.6 Å². The van der Waals surface area contributed by atoms with Crippen molar-refractivity contribution in [2.75, 3.05) is 20.8 Å². The van der Waals surface area contributed by atoms with E-state index in [9.17, 15) is 19.5 Å². The summed E-state index contributed by atoms with van der Waals surface area (Å²) in [7, 11) is 3.05. The molecule has 0 aliphatic heterocycles. The molecule has 0 heterocycles. The molecule has 0 fully saturated rings. The average Bonchev–Trinajstić information content (AvgIpc) is 2.87. The van der Waals surface area contributed by atoms with Crippen LogP contribution in [0.5, 0.6) is 11.5 Å². The van der Waals surface area contributed by atoms with Crippen LogP contribution < -0.4 is 14.8 Å². The van der Waals surface area contributed by atoms with Gasteiger partial charge < -0.3 is 19.9 Å².